The molecule has 0 bridgehead atoms. The molecule has 0 N–H and O–H groups in total. The third kappa shape index (κ3) is 4.14. The molecule has 0 spiro atoms. The van der Waals surface area contributed by atoms with E-state index in [1.54, 1.807) is 0 Å². The SMILES string of the molecule is CC(SSCc1ccccc1)c1ccccc1. The van der Waals surface area contributed by atoms with Crippen LogP contribution in [-0.4, -0.2) is 0 Å². The molecule has 0 aromatic heterocycles. The van der Waals surface area contributed by atoms with Crippen molar-refractivity contribution in [1.82, 2.24) is 0 Å². The average Bonchev–Trinajstić information content (AvgIpc) is 2.41. The first kappa shape index (κ1) is 12.6. The lowest BCUT2D eigenvalue weighted by molar-refractivity contribution is 1.11. The van der Waals surface area contributed by atoms with E-state index in [2.05, 4.69) is 67.6 Å². The van der Waals surface area contributed by atoms with Crippen molar-refractivity contribution in [3.63, 3.8) is 0 Å². The Morgan fingerprint density at radius 3 is 2.12 bits per heavy atom. The summed E-state index contributed by atoms with van der Waals surface area (Å²) in [5, 5.41) is 0.546. The first-order valence-corrected chi connectivity index (χ1v) is 8.11. The highest BCUT2D eigenvalue weighted by molar-refractivity contribution is 8.76. The maximum atomic E-state index is 2.26. The third-order valence-corrected chi connectivity index (χ3v) is 5.33. The van der Waals surface area contributed by atoms with E-state index in [0.29, 0.717) is 5.25 Å². The molecule has 0 aliphatic rings. The van der Waals surface area contributed by atoms with E-state index in [1.165, 1.54) is 11.1 Å². The van der Waals surface area contributed by atoms with E-state index >= 15 is 0 Å². The Balaban J connectivity index is 1.79. The smallest absolute Gasteiger partial charge is 0.0372 e. The second kappa shape index (κ2) is 6.77. The number of rotatable bonds is 5. The zero-order valence-corrected chi connectivity index (χ0v) is 11.5. The first-order chi connectivity index (χ1) is 8.36. The lowest BCUT2D eigenvalue weighted by Gasteiger charge is -2.10. The average molecular weight is 260 g/mol. The molecule has 88 valence electrons. The Labute approximate surface area is 111 Å². The van der Waals surface area contributed by atoms with E-state index in [1.807, 2.05) is 21.6 Å². The highest BCUT2D eigenvalue weighted by atomic mass is 33.1. The molecule has 17 heavy (non-hydrogen) atoms. The van der Waals surface area contributed by atoms with Gasteiger partial charge in [-0.05, 0) is 18.1 Å². The van der Waals surface area contributed by atoms with Crippen molar-refractivity contribution in [2.75, 3.05) is 0 Å². The topological polar surface area (TPSA) is 0 Å². The molecular weight excluding hydrogens is 244 g/mol. The van der Waals surface area contributed by atoms with Crippen LogP contribution >= 0.6 is 21.6 Å². The van der Waals surface area contributed by atoms with Crippen molar-refractivity contribution < 1.29 is 0 Å². The molecular formula is C15H16S2. The highest BCUT2D eigenvalue weighted by Crippen LogP contribution is 2.39. The van der Waals surface area contributed by atoms with Crippen LogP contribution in [0.1, 0.15) is 23.3 Å². The summed E-state index contributed by atoms with van der Waals surface area (Å²) < 4.78 is 0. The molecule has 2 heteroatoms. The summed E-state index contributed by atoms with van der Waals surface area (Å²) in [5.41, 5.74) is 2.79. The van der Waals surface area contributed by atoms with Crippen molar-refractivity contribution in [2.24, 2.45) is 0 Å². The Morgan fingerprint density at radius 1 is 0.882 bits per heavy atom. The Kier molecular flexibility index (Phi) is 5.02. The zero-order valence-electron chi connectivity index (χ0n) is 9.87. The largest absolute Gasteiger partial charge is 0.0887 e. The Bertz CT molecular complexity index is 425. The van der Waals surface area contributed by atoms with Gasteiger partial charge in [-0.1, -0.05) is 82.3 Å². The molecule has 2 rings (SSSR count). The zero-order chi connectivity index (χ0) is 11.9. The minimum absolute atomic E-state index is 0.546. The van der Waals surface area contributed by atoms with Gasteiger partial charge in [-0.25, -0.2) is 0 Å². The molecule has 0 saturated heterocycles. The van der Waals surface area contributed by atoms with Gasteiger partial charge in [-0.2, -0.15) is 0 Å². The number of benzene rings is 2. The van der Waals surface area contributed by atoms with E-state index < -0.39 is 0 Å². The van der Waals surface area contributed by atoms with Gasteiger partial charge in [0.1, 0.15) is 0 Å². The van der Waals surface area contributed by atoms with Gasteiger partial charge in [0.25, 0.3) is 0 Å². The first-order valence-electron chi connectivity index (χ1n) is 5.73. The molecule has 0 heterocycles. The molecule has 2 aromatic carbocycles. The predicted octanol–water partition coefficient (Wildman–Crippen LogP) is 5.33. The molecule has 2 aromatic rings. The van der Waals surface area contributed by atoms with Gasteiger partial charge in [0.15, 0.2) is 0 Å². The maximum Gasteiger partial charge on any atom is 0.0372 e. The minimum atomic E-state index is 0.546. The van der Waals surface area contributed by atoms with Crippen molar-refractivity contribution >= 4 is 21.6 Å². The van der Waals surface area contributed by atoms with Crippen LogP contribution in [-0.2, 0) is 5.75 Å². The van der Waals surface area contributed by atoms with E-state index in [-0.39, 0.29) is 0 Å². The molecule has 0 amide bonds. The van der Waals surface area contributed by atoms with Crippen LogP contribution in [0.3, 0.4) is 0 Å². The summed E-state index contributed by atoms with van der Waals surface area (Å²) in [5.74, 6) is 1.07. The number of hydrogen-bond donors (Lipinski definition) is 0. The third-order valence-electron chi connectivity index (χ3n) is 2.55. The molecule has 0 nitrogen and oxygen atoms in total. The van der Waals surface area contributed by atoms with Crippen molar-refractivity contribution in [2.45, 2.75) is 17.9 Å². The summed E-state index contributed by atoms with van der Waals surface area (Å²) in [6.45, 7) is 2.26. The Morgan fingerprint density at radius 2 is 1.47 bits per heavy atom. The lowest BCUT2D eigenvalue weighted by Crippen LogP contribution is -1.85. The summed E-state index contributed by atoms with van der Waals surface area (Å²) in [4.78, 5) is 0. The molecule has 0 aliphatic heterocycles. The molecule has 0 radical (unpaired) electrons. The normalized spacial score (nSPS) is 12.3. The van der Waals surface area contributed by atoms with Crippen molar-refractivity contribution in [1.29, 1.82) is 0 Å². The van der Waals surface area contributed by atoms with Crippen LogP contribution in [0.15, 0.2) is 60.7 Å². The van der Waals surface area contributed by atoms with Crippen LogP contribution in [0, 0.1) is 0 Å². The van der Waals surface area contributed by atoms with Gasteiger partial charge in [0.2, 0.25) is 0 Å². The highest BCUT2D eigenvalue weighted by Gasteiger charge is 2.05. The second-order valence-corrected chi connectivity index (χ2v) is 6.61. The molecule has 0 fully saturated rings. The van der Waals surface area contributed by atoms with Crippen LogP contribution in [0.2, 0.25) is 0 Å². The van der Waals surface area contributed by atoms with E-state index in [0.717, 1.165) is 5.75 Å². The van der Waals surface area contributed by atoms with Crippen molar-refractivity contribution in [3.05, 3.63) is 71.8 Å². The van der Waals surface area contributed by atoms with Gasteiger partial charge < -0.3 is 0 Å². The van der Waals surface area contributed by atoms with Crippen LogP contribution in [0.4, 0.5) is 0 Å². The monoisotopic (exact) mass is 260 g/mol. The fourth-order valence-corrected chi connectivity index (χ4v) is 3.98. The standard InChI is InChI=1S/C15H16S2/c1-13(15-10-6-3-7-11-15)17-16-12-14-8-4-2-5-9-14/h2-11,13H,12H2,1H3. The van der Waals surface area contributed by atoms with Gasteiger partial charge in [-0.15, -0.1) is 0 Å². The maximum absolute atomic E-state index is 2.26. The van der Waals surface area contributed by atoms with E-state index in [4.69, 9.17) is 0 Å². The molecule has 1 unspecified atom stereocenters. The van der Waals surface area contributed by atoms with Crippen LogP contribution < -0.4 is 0 Å². The fraction of sp³-hybridized carbons (Fsp3) is 0.200. The van der Waals surface area contributed by atoms with Crippen molar-refractivity contribution in [3.8, 4) is 0 Å². The lowest BCUT2D eigenvalue weighted by atomic mass is 10.2. The molecule has 0 aliphatic carbocycles. The van der Waals surface area contributed by atoms with Gasteiger partial charge in [0, 0.05) is 11.0 Å². The summed E-state index contributed by atoms with van der Waals surface area (Å²) in [6, 6.07) is 21.3. The quantitative estimate of drug-likeness (QED) is 0.666. The van der Waals surface area contributed by atoms with Gasteiger partial charge in [0.05, 0.1) is 0 Å². The van der Waals surface area contributed by atoms with Gasteiger partial charge in [-0.3, -0.25) is 0 Å². The van der Waals surface area contributed by atoms with Crippen LogP contribution in [0.25, 0.3) is 0 Å². The molecule has 0 saturated carbocycles. The fourth-order valence-electron chi connectivity index (χ4n) is 1.56. The minimum Gasteiger partial charge on any atom is -0.0887 e. The number of hydrogen-bond acceptors (Lipinski definition) is 2. The van der Waals surface area contributed by atoms with Crippen LogP contribution in [0.5, 0.6) is 0 Å². The Hall–Kier alpha value is -0.860. The van der Waals surface area contributed by atoms with E-state index in [9.17, 15) is 0 Å². The summed E-state index contributed by atoms with van der Waals surface area (Å²) in [7, 11) is 3.87. The van der Waals surface area contributed by atoms with Gasteiger partial charge >= 0.3 is 0 Å². The predicted molar refractivity (Wildman–Crippen MR) is 80.2 cm³/mol. The second-order valence-electron chi connectivity index (χ2n) is 3.90. The summed E-state index contributed by atoms with van der Waals surface area (Å²) >= 11 is 0. The summed E-state index contributed by atoms with van der Waals surface area (Å²) in [6.07, 6.45) is 0. The molecule has 1 atom stereocenters.